The molecule has 4 rings (SSSR count). The van der Waals surface area contributed by atoms with Crippen molar-refractivity contribution >= 4 is 34.5 Å². The van der Waals surface area contributed by atoms with Crippen molar-refractivity contribution in [3.8, 4) is 5.75 Å². The maximum Gasteiger partial charge on any atom is 0.300 e. The lowest BCUT2D eigenvalue weighted by molar-refractivity contribution is -0.132. The molecule has 0 saturated carbocycles. The van der Waals surface area contributed by atoms with Gasteiger partial charge in [-0.2, -0.15) is 0 Å². The van der Waals surface area contributed by atoms with Gasteiger partial charge in [-0.15, -0.1) is 0 Å². The quantitative estimate of drug-likeness (QED) is 0.193. The van der Waals surface area contributed by atoms with E-state index in [0.717, 1.165) is 35.6 Å². The molecular weight excluding hydrogens is 502 g/mol. The number of ketones is 1. The van der Waals surface area contributed by atoms with E-state index in [1.807, 2.05) is 87.4 Å². The number of Topliss-reactive ketones (excluding diaryl/α,β-unsaturated/α-hetero) is 1. The smallest absolute Gasteiger partial charge is 0.300 e. The molecule has 7 nitrogen and oxygen atoms in total. The van der Waals surface area contributed by atoms with Crippen LogP contribution in [-0.4, -0.2) is 51.1 Å². The third kappa shape index (κ3) is 5.28. The van der Waals surface area contributed by atoms with Crippen molar-refractivity contribution in [1.82, 2.24) is 0 Å². The minimum absolute atomic E-state index is 0.0668. The number of carbonyl (C=O) groups is 2. The molecule has 1 aliphatic heterocycles. The van der Waals surface area contributed by atoms with Gasteiger partial charge in [-0.05, 0) is 85.5 Å². The van der Waals surface area contributed by atoms with Crippen LogP contribution in [-0.2, 0) is 9.59 Å². The summed E-state index contributed by atoms with van der Waals surface area (Å²) in [6.07, 6.45) is 0. The zero-order valence-corrected chi connectivity index (χ0v) is 24.4. The van der Waals surface area contributed by atoms with Crippen molar-refractivity contribution in [2.24, 2.45) is 0 Å². The van der Waals surface area contributed by atoms with Crippen molar-refractivity contribution in [2.75, 3.05) is 49.0 Å². The number of amides is 1. The van der Waals surface area contributed by atoms with Gasteiger partial charge in [0.15, 0.2) is 0 Å². The average molecular weight is 542 g/mol. The van der Waals surface area contributed by atoms with Crippen LogP contribution in [0.5, 0.6) is 5.75 Å². The number of hydrogen-bond donors (Lipinski definition) is 1. The van der Waals surface area contributed by atoms with Gasteiger partial charge < -0.3 is 19.6 Å². The van der Waals surface area contributed by atoms with Crippen LogP contribution in [0.4, 0.5) is 17.1 Å². The van der Waals surface area contributed by atoms with E-state index in [9.17, 15) is 14.7 Å². The van der Waals surface area contributed by atoms with Gasteiger partial charge >= 0.3 is 0 Å². The summed E-state index contributed by atoms with van der Waals surface area (Å²) in [4.78, 5) is 32.9. The van der Waals surface area contributed by atoms with Crippen LogP contribution in [0.15, 0.2) is 72.3 Å². The average Bonchev–Trinajstić information content (AvgIpc) is 3.23. The molecule has 7 heteroatoms. The normalized spacial score (nSPS) is 16.5. The van der Waals surface area contributed by atoms with Crippen LogP contribution >= 0.6 is 0 Å². The maximum absolute atomic E-state index is 13.6. The second-order valence-electron chi connectivity index (χ2n) is 10.5. The van der Waals surface area contributed by atoms with Gasteiger partial charge in [-0.3, -0.25) is 14.5 Å². The minimum atomic E-state index is -0.791. The molecule has 40 heavy (non-hydrogen) atoms. The minimum Gasteiger partial charge on any atom is -0.507 e. The van der Waals surface area contributed by atoms with Crippen LogP contribution in [0.1, 0.15) is 56.3 Å². The van der Waals surface area contributed by atoms with E-state index in [4.69, 9.17) is 4.74 Å². The summed E-state index contributed by atoms with van der Waals surface area (Å²) < 4.78 is 5.51. The van der Waals surface area contributed by atoms with Crippen LogP contribution in [0.3, 0.4) is 0 Å². The van der Waals surface area contributed by atoms with Crippen molar-refractivity contribution in [3.05, 3.63) is 89.0 Å². The standard InChI is InChI=1S/C33H39N3O4/c1-8-35(9-2)25-13-10-22(11-14-25)30-29(31(37)23-12-19-28(40-7)27(20-23)21(3)4)32(38)33(39)36(30)26-17-15-24(16-18-26)34(5)6/h10-21,30,37H,8-9H2,1-7H3/b31-29-. The van der Waals surface area contributed by atoms with Crippen molar-refractivity contribution < 1.29 is 19.4 Å². The monoisotopic (exact) mass is 541 g/mol. The highest BCUT2D eigenvalue weighted by molar-refractivity contribution is 6.51. The van der Waals surface area contributed by atoms with Gasteiger partial charge in [0.2, 0.25) is 0 Å². The molecule has 1 saturated heterocycles. The summed E-state index contributed by atoms with van der Waals surface area (Å²) >= 11 is 0. The highest BCUT2D eigenvalue weighted by atomic mass is 16.5. The van der Waals surface area contributed by atoms with Crippen molar-refractivity contribution in [3.63, 3.8) is 0 Å². The molecule has 1 unspecified atom stereocenters. The Labute approximate surface area is 237 Å². The lowest BCUT2D eigenvalue weighted by Crippen LogP contribution is -2.29. The SMILES string of the molecule is CCN(CC)c1ccc(C2/C(=C(/O)c3ccc(OC)c(C(C)C)c3)C(=O)C(=O)N2c2ccc(N(C)C)cc2)cc1. The van der Waals surface area contributed by atoms with Crippen LogP contribution < -0.4 is 19.4 Å². The molecule has 1 N–H and O–H groups in total. The van der Waals surface area contributed by atoms with E-state index in [1.54, 1.807) is 19.2 Å². The predicted octanol–water partition coefficient (Wildman–Crippen LogP) is 6.36. The van der Waals surface area contributed by atoms with E-state index in [-0.39, 0.29) is 17.3 Å². The van der Waals surface area contributed by atoms with E-state index >= 15 is 0 Å². The first kappa shape index (κ1) is 28.7. The fourth-order valence-corrected chi connectivity index (χ4v) is 5.27. The van der Waals surface area contributed by atoms with Gasteiger partial charge in [0, 0.05) is 49.8 Å². The molecule has 1 amide bonds. The molecule has 0 spiro atoms. The van der Waals surface area contributed by atoms with Crippen LogP contribution in [0.25, 0.3) is 5.76 Å². The second-order valence-corrected chi connectivity index (χ2v) is 10.5. The zero-order chi connectivity index (χ0) is 29.1. The molecule has 3 aromatic rings. The Morgan fingerprint density at radius 3 is 2.05 bits per heavy atom. The van der Waals surface area contributed by atoms with Gasteiger partial charge in [-0.1, -0.05) is 26.0 Å². The molecule has 3 aromatic carbocycles. The largest absolute Gasteiger partial charge is 0.507 e. The summed E-state index contributed by atoms with van der Waals surface area (Å²) in [6.45, 7) is 10.0. The summed E-state index contributed by atoms with van der Waals surface area (Å²) in [7, 11) is 5.49. The third-order valence-corrected chi connectivity index (χ3v) is 7.55. The summed E-state index contributed by atoms with van der Waals surface area (Å²) in [5.74, 6) is -0.753. The fraction of sp³-hybridized carbons (Fsp3) is 0.333. The van der Waals surface area contributed by atoms with Gasteiger partial charge in [0.1, 0.15) is 11.5 Å². The Bertz CT molecular complexity index is 1400. The van der Waals surface area contributed by atoms with Gasteiger partial charge in [-0.25, -0.2) is 0 Å². The Hall–Kier alpha value is -4.26. The van der Waals surface area contributed by atoms with Crippen LogP contribution in [0, 0.1) is 0 Å². The second kappa shape index (κ2) is 11.9. The molecule has 1 fully saturated rings. The first-order valence-electron chi connectivity index (χ1n) is 13.7. The molecule has 0 aliphatic carbocycles. The highest BCUT2D eigenvalue weighted by Crippen LogP contribution is 2.43. The number of anilines is 3. The molecule has 1 heterocycles. The summed E-state index contributed by atoms with van der Waals surface area (Å²) in [5.41, 5.74) is 4.79. The molecule has 0 radical (unpaired) electrons. The van der Waals surface area contributed by atoms with Gasteiger partial charge in [0.25, 0.3) is 11.7 Å². The number of carbonyl (C=O) groups excluding carboxylic acids is 2. The van der Waals surface area contributed by atoms with Crippen LogP contribution in [0.2, 0.25) is 0 Å². The summed E-state index contributed by atoms with van der Waals surface area (Å²) in [5, 5.41) is 11.6. The Balaban J connectivity index is 1.91. The number of methoxy groups -OCH3 is 1. The number of nitrogens with zero attached hydrogens (tertiary/aromatic N) is 3. The lowest BCUT2D eigenvalue weighted by Gasteiger charge is -2.27. The van der Waals surface area contributed by atoms with Gasteiger partial charge in [0.05, 0.1) is 18.7 Å². The van der Waals surface area contributed by atoms with E-state index in [2.05, 4.69) is 18.7 Å². The first-order chi connectivity index (χ1) is 19.1. The molecule has 0 bridgehead atoms. The molecule has 1 aliphatic rings. The Kier molecular flexibility index (Phi) is 8.52. The maximum atomic E-state index is 13.6. The number of aliphatic hydroxyl groups is 1. The number of benzene rings is 3. The van der Waals surface area contributed by atoms with E-state index in [1.165, 1.54) is 4.90 Å². The Morgan fingerprint density at radius 2 is 1.52 bits per heavy atom. The number of aliphatic hydroxyl groups excluding tert-OH is 1. The predicted molar refractivity (Wildman–Crippen MR) is 163 cm³/mol. The molecule has 1 atom stereocenters. The fourth-order valence-electron chi connectivity index (χ4n) is 5.27. The summed E-state index contributed by atoms with van der Waals surface area (Å²) in [6, 6.07) is 19.9. The van der Waals surface area contributed by atoms with Crippen molar-refractivity contribution in [2.45, 2.75) is 39.7 Å². The van der Waals surface area contributed by atoms with E-state index in [0.29, 0.717) is 17.0 Å². The van der Waals surface area contributed by atoms with Crippen molar-refractivity contribution in [1.29, 1.82) is 0 Å². The van der Waals surface area contributed by atoms with E-state index < -0.39 is 17.7 Å². The topological polar surface area (TPSA) is 73.3 Å². The third-order valence-electron chi connectivity index (χ3n) is 7.55. The molecule has 0 aromatic heterocycles. The highest BCUT2D eigenvalue weighted by Gasteiger charge is 2.47. The zero-order valence-electron chi connectivity index (χ0n) is 24.4. The lowest BCUT2D eigenvalue weighted by atomic mass is 9.93. The Morgan fingerprint density at radius 1 is 0.925 bits per heavy atom. The molecule has 210 valence electrons. The number of rotatable bonds is 9. The first-order valence-corrected chi connectivity index (χ1v) is 13.7. The molecular formula is C33H39N3O4. The number of hydrogen-bond acceptors (Lipinski definition) is 6. The number of ether oxygens (including phenoxy) is 1.